The lowest BCUT2D eigenvalue weighted by atomic mass is 10.1. The van der Waals surface area contributed by atoms with Crippen molar-refractivity contribution in [3.05, 3.63) is 29.8 Å². The van der Waals surface area contributed by atoms with E-state index in [2.05, 4.69) is 49.9 Å². The van der Waals surface area contributed by atoms with Crippen LogP contribution >= 0.6 is 0 Å². The Hall–Kier alpha value is -1.02. The van der Waals surface area contributed by atoms with E-state index in [0.717, 1.165) is 19.5 Å². The average Bonchev–Trinajstić information content (AvgIpc) is 2.28. The molecular weight excluding hydrogens is 198 g/mol. The number of ether oxygens (including phenoxy) is 1. The molecule has 1 aliphatic rings. The molecule has 1 fully saturated rings. The molecule has 0 bridgehead atoms. The molecule has 2 heteroatoms. The third kappa shape index (κ3) is 2.56. The molecule has 0 aliphatic carbocycles. The van der Waals surface area contributed by atoms with Crippen LogP contribution in [-0.4, -0.2) is 25.3 Å². The van der Waals surface area contributed by atoms with E-state index in [0.29, 0.717) is 12.2 Å². The van der Waals surface area contributed by atoms with Gasteiger partial charge in [0.2, 0.25) is 0 Å². The second kappa shape index (κ2) is 4.88. The molecule has 2 nitrogen and oxygen atoms in total. The Labute approximate surface area is 98.2 Å². The molecule has 0 aromatic heterocycles. The highest BCUT2D eigenvalue weighted by Gasteiger charge is 2.22. The van der Waals surface area contributed by atoms with E-state index in [1.54, 1.807) is 0 Å². The van der Waals surface area contributed by atoms with Crippen LogP contribution in [0.15, 0.2) is 24.3 Å². The van der Waals surface area contributed by atoms with E-state index < -0.39 is 0 Å². The van der Waals surface area contributed by atoms with Crippen LogP contribution in [0, 0.1) is 0 Å². The molecule has 1 heterocycles. The fraction of sp³-hybridized carbons (Fsp3) is 0.571. The second-order valence-corrected chi connectivity index (χ2v) is 4.69. The Morgan fingerprint density at radius 2 is 1.94 bits per heavy atom. The summed E-state index contributed by atoms with van der Waals surface area (Å²) in [4.78, 5) is 2.43. The largest absolute Gasteiger partial charge is 0.372 e. The molecular formula is C14H21NO. The number of hydrogen-bond donors (Lipinski definition) is 0. The van der Waals surface area contributed by atoms with Crippen molar-refractivity contribution < 1.29 is 4.74 Å². The quantitative estimate of drug-likeness (QED) is 0.758. The monoisotopic (exact) mass is 219 g/mol. The van der Waals surface area contributed by atoms with Gasteiger partial charge in [0, 0.05) is 18.8 Å². The van der Waals surface area contributed by atoms with Crippen molar-refractivity contribution >= 4 is 5.69 Å². The van der Waals surface area contributed by atoms with Crippen LogP contribution < -0.4 is 4.90 Å². The predicted octanol–water partition coefficient (Wildman–Crippen LogP) is 2.86. The van der Waals surface area contributed by atoms with E-state index in [9.17, 15) is 0 Å². The van der Waals surface area contributed by atoms with Crippen molar-refractivity contribution in [2.45, 2.75) is 39.4 Å². The van der Waals surface area contributed by atoms with Crippen molar-refractivity contribution in [1.29, 1.82) is 0 Å². The summed E-state index contributed by atoms with van der Waals surface area (Å²) in [6, 6.07) is 8.84. The van der Waals surface area contributed by atoms with Crippen molar-refractivity contribution in [1.82, 2.24) is 0 Å². The van der Waals surface area contributed by atoms with Gasteiger partial charge in [-0.05, 0) is 38.0 Å². The molecule has 2 unspecified atom stereocenters. The number of morpholine rings is 1. The molecule has 1 saturated heterocycles. The van der Waals surface area contributed by atoms with Crippen LogP contribution in [0.2, 0.25) is 0 Å². The first-order valence-electron chi connectivity index (χ1n) is 6.18. The van der Waals surface area contributed by atoms with Gasteiger partial charge < -0.3 is 9.64 Å². The number of rotatable bonds is 2. The fourth-order valence-electron chi connectivity index (χ4n) is 2.36. The Morgan fingerprint density at radius 3 is 2.56 bits per heavy atom. The molecule has 1 aliphatic heterocycles. The molecule has 2 atom stereocenters. The zero-order valence-corrected chi connectivity index (χ0v) is 10.4. The normalized spacial score (nSPS) is 25.8. The van der Waals surface area contributed by atoms with Crippen LogP contribution in [0.1, 0.15) is 26.3 Å². The topological polar surface area (TPSA) is 12.5 Å². The molecule has 16 heavy (non-hydrogen) atoms. The standard InChI is InChI=1S/C14H21NO/c1-4-13-6-5-7-14(8-13)15-9-11(2)16-12(3)10-15/h5-8,11-12H,4,9-10H2,1-3H3. The maximum absolute atomic E-state index is 5.75. The fourth-order valence-corrected chi connectivity index (χ4v) is 2.36. The molecule has 0 N–H and O–H groups in total. The summed E-state index contributed by atoms with van der Waals surface area (Å²) in [5.74, 6) is 0. The lowest BCUT2D eigenvalue weighted by molar-refractivity contribution is -0.00522. The molecule has 0 spiro atoms. The van der Waals surface area contributed by atoms with E-state index in [1.807, 2.05) is 0 Å². The Bertz CT molecular complexity index is 340. The van der Waals surface area contributed by atoms with Gasteiger partial charge in [0.15, 0.2) is 0 Å². The first kappa shape index (κ1) is 11.5. The van der Waals surface area contributed by atoms with Crippen molar-refractivity contribution in [2.24, 2.45) is 0 Å². The first-order valence-corrected chi connectivity index (χ1v) is 6.18. The third-order valence-electron chi connectivity index (χ3n) is 3.10. The summed E-state index contributed by atoms with van der Waals surface area (Å²) < 4.78 is 5.75. The molecule has 0 amide bonds. The highest BCUT2D eigenvalue weighted by Crippen LogP contribution is 2.21. The third-order valence-corrected chi connectivity index (χ3v) is 3.10. The maximum Gasteiger partial charge on any atom is 0.0726 e. The minimum Gasteiger partial charge on any atom is -0.372 e. The minimum absolute atomic E-state index is 0.328. The molecule has 0 radical (unpaired) electrons. The number of aryl methyl sites for hydroxylation is 1. The average molecular weight is 219 g/mol. The summed E-state index contributed by atoms with van der Waals surface area (Å²) >= 11 is 0. The summed E-state index contributed by atoms with van der Waals surface area (Å²) in [5.41, 5.74) is 2.74. The summed E-state index contributed by atoms with van der Waals surface area (Å²) in [7, 11) is 0. The SMILES string of the molecule is CCc1cccc(N2CC(C)OC(C)C2)c1. The molecule has 1 aromatic rings. The van der Waals surface area contributed by atoms with Crippen LogP contribution in [0.3, 0.4) is 0 Å². The molecule has 1 aromatic carbocycles. The van der Waals surface area contributed by atoms with E-state index >= 15 is 0 Å². The maximum atomic E-state index is 5.75. The predicted molar refractivity (Wildman–Crippen MR) is 68.0 cm³/mol. The number of benzene rings is 1. The molecule has 0 saturated carbocycles. The van der Waals surface area contributed by atoms with Crippen LogP contribution in [0.25, 0.3) is 0 Å². The summed E-state index contributed by atoms with van der Waals surface area (Å²) in [6.07, 6.45) is 1.76. The van der Waals surface area contributed by atoms with Crippen molar-refractivity contribution in [3.63, 3.8) is 0 Å². The Balaban J connectivity index is 2.16. The van der Waals surface area contributed by atoms with E-state index in [-0.39, 0.29) is 0 Å². The van der Waals surface area contributed by atoms with Crippen LogP contribution in [0.5, 0.6) is 0 Å². The molecule has 88 valence electrons. The number of hydrogen-bond acceptors (Lipinski definition) is 2. The van der Waals surface area contributed by atoms with Gasteiger partial charge in [0.05, 0.1) is 12.2 Å². The minimum atomic E-state index is 0.328. The zero-order chi connectivity index (χ0) is 11.5. The number of anilines is 1. The van der Waals surface area contributed by atoms with Gasteiger partial charge in [0.1, 0.15) is 0 Å². The van der Waals surface area contributed by atoms with Gasteiger partial charge in [-0.2, -0.15) is 0 Å². The highest BCUT2D eigenvalue weighted by molar-refractivity contribution is 5.49. The smallest absolute Gasteiger partial charge is 0.0726 e. The van der Waals surface area contributed by atoms with E-state index in [1.165, 1.54) is 11.3 Å². The van der Waals surface area contributed by atoms with Gasteiger partial charge in [-0.15, -0.1) is 0 Å². The van der Waals surface area contributed by atoms with E-state index in [4.69, 9.17) is 4.74 Å². The highest BCUT2D eigenvalue weighted by atomic mass is 16.5. The van der Waals surface area contributed by atoms with Crippen LogP contribution in [-0.2, 0) is 11.2 Å². The lowest BCUT2D eigenvalue weighted by Gasteiger charge is -2.37. The second-order valence-electron chi connectivity index (χ2n) is 4.69. The van der Waals surface area contributed by atoms with Gasteiger partial charge in [0.25, 0.3) is 0 Å². The summed E-state index contributed by atoms with van der Waals surface area (Å²) in [5, 5.41) is 0. The molecule has 2 rings (SSSR count). The van der Waals surface area contributed by atoms with Crippen LogP contribution in [0.4, 0.5) is 5.69 Å². The Morgan fingerprint density at radius 1 is 1.25 bits per heavy atom. The Kier molecular flexibility index (Phi) is 3.49. The van der Waals surface area contributed by atoms with Gasteiger partial charge in [-0.3, -0.25) is 0 Å². The van der Waals surface area contributed by atoms with Gasteiger partial charge in [-0.1, -0.05) is 19.1 Å². The lowest BCUT2D eigenvalue weighted by Crippen LogP contribution is -2.45. The van der Waals surface area contributed by atoms with Gasteiger partial charge >= 0.3 is 0 Å². The van der Waals surface area contributed by atoms with Crippen molar-refractivity contribution in [2.75, 3.05) is 18.0 Å². The summed E-state index contributed by atoms with van der Waals surface area (Å²) in [6.45, 7) is 8.48. The van der Waals surface area contributed by atoms with Gasteiger partial charge in [-0.25, -0.2) is 0 Å². The first-order chi connectivity index (χ1) is 7.69. The number of nitrogens with zero attached hydrogens (tertiary/aromatic N) is 1. The zero-order valence-electron chi connectivity index (χ0n) is 10.4. The van der Waals surface area contributed by atoms with Crippen molar-refractivity contribution in [3.8, 4) is 0 Å².